The normalized spacial score (nSPS) is 10.9. The van der Waals surface area contributed by atoms with Crippen molar-refractivity contribution >= 4 is 41.4 Å². The maximum atomic E-state index is 12.1. The van der Waals surface area contributed by atoms with Crippen LogP contribution in [0.4, 0.5) is 5.69 Å². The van der Waals surface area contributed by atoms with Crippen molar-refractivity contribution in [2.24, 2.45) is 0 Å². The van der Waals surface area contributed by atoms with Gasteiger partial charge in [-0.25, -0.2) is 9.59 Å². The maximum absolute atomic E-state index is 12.1. The van der Waals surface area contributed by atoms with Crippen LogP contribution in [0.3, 0.4) is 0 Å². The third-order valence-corrected chi connectivity index (χ3v) is 3.91. The van der Waals surface area contributed by atoms with Crippen molar-refractivity contribution in [2.45, 2.75) is 0 Å². The lowest BCUT2D eigenvalue weighted by atomic mass is 10.2. The Balaban J connectivity index is 2.13. The van der Waals surface area contributed by atoms with E-state index in [1.165, 1.54) is 56.7 Å². The number of hydrogen-bond acceptors (Lipinski definition) is 7. The van der Waals surface area contributed by atoms with E-state index < -0.39 is 16.9 Å². The number of esters is 2. The van der Waals surface area contributed by atoms with Gasteiger partial charge in [0.1, 0.15) is 5.02 Å². The third-order valence-electron chi connectivity index (χ3n) is 3.59. The lowest BCUT2D eigenvalue weighted by molar-refractivity contribution is -0.384. The minimum Gasteiger partial charge on any atom is -0.493 e. The van der Waals surface area contributed by atoms with Gasteiger partial charge in [0.2, 0.25) is 0 Å². The van der Waals surface area contributed by atoms with Crippen molar-refractivity contribution in [1.29, 1.82) is 0 Å². The van der Waals surface area contributed by atoms with E-state index in [1.54, 1.807) is 12.1 Å². The van der Waals surface area contributed by atoms with Crippen molar-refractivity contribution in [3.63, 3.8) is 0 Å². The summed E-state index contributed by atoms with van der Waals surface area (Å²) in [6.45, 7) is 0. The van der Waals surface area contributed by atoms with Crippen LogP contribution < -0.4 is 9.47 Å². The van der Waals surface area contributed by atoms with Gasteiger partial charge >= 0.3 is 11.9 Å². The van der Waals surface area contributed by atoms with Crippen molar-refractivity contribution < 1.29 is 28.7 Å². The zero-order chi connectivity index (χ0) is 21.4. The first-order valence-electron chi connectivity index (χ1n) is 8.12. The lowest BCUT2D eigenvalue weighted by Gasteiger charge is -2.08. The van der Waals surface area contributed by atoms with Gasteiger partial charge in [-0.15, -0.1) is 0 Å². The van der Waals surface area contributed by atoms with E-state index in [-0.39, 0.29) is 22.2 Å². The van der Waals surface area contributed by atoms with Gasteiger partial charge in [-0.1, -0.05) is 23.7 Å². The summed E-state index contributed by atoms with van der Waals surface area (Å²) in [5.41, 5.74) is 0.781. The van der Waals surface area contributed by atoms with E-state index >= 15 is 0 Å². The van der Waals surface area contributed by atoms with Crippen LogP contribution in [-0.2, 0) is 14.3 Å². The summed E-state index contributed by atoms with van der Waals surface area (Å²) in [6.07, 6.45) is 5.25. The number of rotatable bonds is 7. The number of ether oxygens (including phenoxy) is 3. The summed E-state index contributed by atoms with van der Waals surface area (Å²) in [7, 11) is 2.68. The molecule has 0 spiro atoms. The molecule has 150 valence electrons. The van der Waals surface area contributed by atoms with Crippen molar-refractivity contribution in [3.05, 3.63) is 74.8 Å². The topological polar surface area (TPSA) is 105 Å². The zero-order valence-electron chi connectivity index (χ0n) is 15.5. The quantitative estimate of drug-likeness (QED) is 0.220. The number of methoxy groups -OCH3 is 2. The van der Waals surface area contributed by atoms with Crippen LogP contribution in [0.2, 0.25) is 5.02 Å². The van der Waals surface area contributed by atoms with Crippen molar-refractivity contribution in [1.82, 2.24) is 0 Å². The second-order valence-electron chi connectivity index (χ2n) is 5.49. The average Bonchev–Trinajstić information content (AvgIpc) is 2.71. The molecule has 0 aliphatic carbocycles. The Kier molecular flexibility index (Phi) is 7.50. The molecule has 0 unspecified atom stereocenters. The molecular weight excluding hydrogens is 402 g/mol. The molecule has 0 heterocycles. The molecule has 0 bridgehead atoms. The fraction of sp³-hybridized carbons (Fsp3) is 0.100. The van der Waals surface area contributed by atoms with Crippen LogP contribution in [0.1, 0.15) is 11.1 Å². The minimum absolute atomic E-state index is 0.000742. The fourth-order valence-electron chi connectivity index (χ4n) is 2.18. The third kappa shape index (κ3) is 6.18. The van der Waals surface area contributed by atoms with Gasteiger partial charge in [-0.05, 0) is 41.5 Å². The second-order valence-corrected chi connectivity index (χ2v) is 5.90. The molecule has 0 atom stereocenters. The summed E-state index contributed by atoms with van der Waals surface area (Å²) < 4.78 is 14.9. The molecular formula is C20H16ClNO7. The predicted octanol–water partition coefficient (Wildman–Crippen LogP) is 4.06. The number of nitrogens with zero attached hydrogens (tertiary/aromatic N) is 1. The average molecular weight is 418 g/mol. The molecule has 9 heteroatoms. The SMILES string of the molecule is COC(=O)C=Cc1ccc(OC(=O)C=Cc2ccc(Cl)c([N+](=O)[O-])c2)c(OC)c1. The van der Waals surface area contributed by atoms with Crippen LogP contribution in [0, 0.1) is 10.1 Å². The number of nitro benzene ring substituents is 1. The van der Waals surface area contributed by atoms with Crippen LogP contribution in [-0.4, -0.2) is 31.1 Å². The Bertz CT molecular complexity index is 998. The largest absolute Gasteiger partial charge is 0.493 e. The Hall–Kier alpha value is -3.65. The van der Waals surface area contributed by atoms with Crippen molar-refractivity contribution in [2.75, 3.05) is 14.2 Å². The second kappa shape index (κ2) is 10.0. The summed E-state index contributed by atoms with van der Waals surface area (Å²) in [5, 5.41) is 10.9. The van der Waals surface area contributed by atoms with Gasteiger partial charge in [0.25, 0.3) is 5.69 Å². The highest BCUT2D eigenvalue weighted by Crippen LogP contribution is 2.29. The van der Waals surface area contributed by atoms with Gasteiger partial charge in [0, 0.05) is 18.2 Å². The molecule has 29 heavy (non-hydrogen) atoms. The Morgan fingerprint density at radius 3 is 2.21 bits per heavy atom. The van der Waals surface area contributed by atoms with E-state index in [1.807, 2.05) is 0 Å². The van der Waals surface area contributed by atoms with Gasteiger partial charge in [-0.2, -0.15) is 0 Å². The Morgan fingerprint density at radius 2 is 1.59 bits per heavy atom. The van der Waals surface area contributed by atoms with Crippen LogP contribution in [0.5, 0.6) is 11.5 Å². The molecule has 0 saturated carbocycles. The van der Waals surface area contributed by atoms with Gasteiger partial charge < -0.3 is 14.2 Å². The van der Waals surface area contributed by atoms with E-state index in [2.05, 4.69) is 4.74 Å². The molecule has 2 aromatic rings. The molecule has 0 amide bonds. The Morgan fingerprint density at radius 1 is 0.966 bits per heavy atom. The number of carbonyl (C=O) groups is 2. The number of nitro groups is 1. The monoisotopic (exact) mass is 417 g/mol. The van der Waals surface area contributed by atoms with Gasteiger partial charge in [0.05, 0.1) is 19.1 Å². The Labute approximate surface area is 171 Å². The number of carbonyl (C=O) groups excluding carboxylic acids is 2. The predicted molar refractivity (Wildman–Crippen MR) is 107 cm³/mol. The van der Waals surface area contributed by atoms with Crippen LogP contribution in [0.15, 0.2) is 48.6 Å². The van der Waals surface area contributed by atoms with E-state index in [0.29, 0.717) is 11.1 Å². The van der Waals surface area contributed by atoms with Crippen LogP contribution in [0.25, 0.3) is 12.2 Å². The maximum Gasteiger partial charge on any atom is 0.336 e. The van der Waals surface area contributed by atoms with E-state index in [4.69, 9.17) is 21.1 Å². The lowest BCUT2D eigenvalue weighted by Crippen LogP contribution is -2.05. The zero-order valence-corrected chi connectivity index (χ0v) is 16.2. The standard InChI is InChI=1S/C20H16ClNO7/c1-27-18-12-14(5-9-19(23)28-2)4-8-17(18)29-20(24)10-6-13-3-7-15(21)16(11-13)22(25)26/h3-12H,1-2H3. The smallest absolute Gasteiger partial charge is 0.336 e. The molecule has 0 N–H and O–H groups in total. The molecule has 2 rings (SSSR count). The highest BCUT2D eigenvalue weighted by molar-refractivity contribution is 6.32. The highest BCUT2D eigenvalue weighted by atomic mass is 35.5. The van der Waals surface area contributed by atoms with E-state index in [9.17, 15) is 19.7 Å². The minimum atomic E-state index is -0.709. The molecule has 0 radical (unpaired) electrons. The molecule has 0 aliphatic rings. The van der Waals surface area contributed by atoms with Gasteiger partial charge in [-0.3, -0.25) is 10.1 Å². The first kappa shape index (κ1) is 21.6. The summed E-state index contributed by atoms with van der Waals surface area (Å²) in [5.74, 6) is -0.772. The molecule has 0 saturated heterocycles. The molecule has 2 aromatic carbocycles. The first-order valence-corrected chi connectivity index (χ1v) is 8.49. The fourth-order valence-corrected chi connectivity index (χ4v) is 2.37. The molecule has 0 fully saturated rings. The van der Waals surface area contributed by atoms with Crippen molar-refractivity contribution in [3.8, 4) is 11.5 Å². The van der Waals surface area contributed by atoms with E-state index in [0.717, 1.165) is 6.08 Å². The number of benzene rings is 2. The summed E-state index contributed by atoms with van der Waals surface area (Å²) >= 11 is 5.75. The first-order chi connectivity index (χ1) is 13.8. The molecule has 0 aromatic heterocycles. The molecule has 0 aliphatic heterocycles. The number of hydrogen-bond donors (Lipinski definition) is 0. The summed E-state index contributed by atoms with van der Waals surface area (Å²) in [4.78, 5) is 33.5. The number of halogens is 1. The van der Waals surface area contributed by atoms with Crippen LogP contribution >= 0.6 is 11.6 Å². The summed E-state index contributed by atoms with van der Waals surface area (Å²) in [6, 6.07) is 8.85. The van der Waals surface area contributed by atoms with Gasteiger partial charge in [0.15, 0.2) is 11.5 Å². The highest BCUT2D eigenvalue weighted by Gasteiger charge is 2.12. The molecule has 8 nitrogen and oxygen atoms in total.